The summed E-state index contributed by atoms with van der Waals surface area (Å²) in [5.74, 6) is 2.67. The van der Waals surface area contributed by atoms with Crippen LogP contribution >= 0.6 is 0 Å². The maximum Gasteiger partial charge on any atom is 0.107 e. The topological polar surface area (TPSA) is 40.5 Å². The van der Waals surface area contributed by atoms with Gasteiger partial charge in [0.2, 0.25) is 0 Å². The number of hydrogen-bond donors (Lipinski definition) is 2. The van der Waals surface area contributed by atoms with E-state index in [1.807, 2.05) is 6.11 Å². The van der Waals surface area contributed by atoms with Gasteiger partial charge >= 0.3 is 0 Å². The van der Waals surface area contributed by atoms with Crippen molar-refractivity contribution in [1.29, 1.82) is 0 Å². The molecule has 0 saturated carbocycles. The molecule has 0 bridgehead atoms. The molecule has 96 valence electrons. The van der Waals surface area contributed by atoms with Crippen molar-refractivity contribution < 1.29 is 10.2 Å². The van der Waals surface area contributed by atoms with Gasteiger partial charge < -0.3 is 10.2 Å². The van der Waals surface area contributed by atoms with E-state index in [9.17, 15) is 0 Å². The van der Waals surface area contributed by atoms with Gasteiger partial charge in [0.1, 0.15) is 6.11 Å². The van der Waals surface area contributed by atoms with Crippen LogP contribution in [0.15, 0.2) is 0 Å². The summed E-state index contributed by atoms with van der Waals surface area (Å²) in [5.41, 5.74) is 0. The predicted octanol–water partition coefficient (Wildman–Crippen LogP) is 3.85. The Morgan fingerprint density at radius 2 is 1.25 bits per heavy atom. The largest absolute Gasteiger partial charge is 0.462 e. The number of aliphatic hydroxyl groups excluding tert-OH is 2. The summed E-state index contributed by atoms with van der Waals surface area (Å²) in [6.07, 6.45) is 13.4. The van der Waals surface area contributed by atoms with Gasteiger partial charge in [-0.3, -0.25) is 0 Å². The fourth-order valence-electron chi connectivity index (χ4n) is 1.40. The second-order valence-corrected chi connectivity index (χ2v) is 3.83. The Balaban J connectivity index is 0. The first kappa shape index (κ1) is 17.7. The smallest absolute Gasteiger partial charge is 0.107 e. The normalized spacial score (nSPS) is 8.69. The van der Waals surface area contributed by atoms with Crippen LogP contribution in [0.3, 0.4) is 0 Å². The minimum absolute atomic E-state index is 0.250. The van der Waals surface area contributed by atoms with Crippen molar-refractivity contribution >= 4 is 0 Å². The lowest BCUT2D eigenvalue weighted by Gasteiger charge is -1.98. The van der Waals surface area contributed by atoms with Crippen LogP contribution in [0.1, 0.15) is 71.6 Å². The van der Waals surface area contributed by atoms with Crippen molar-refractivity contribution in [3.8, 4) is 12.0 Å². The van der Waals surface area contributed by atoms with Crippen molar-refractivity contribution in [1.82, 2.24) is 0 Å². The Hall–Kier alpha value is -0.680. The van der Waals surface area contributed by atoms with E-state index in [0.717, 1.165) is 12.8 Å². The molecule has 0 aliphatic rings. The van der Waals surface area contributed by atoms with Gasteiger partial charge in [-0.1, -0.05) is 57.8 Å². The molecule has 0 fully saturated rings. The second-order valence-electron chi connectivity index (χ2n) is 3.83. The Kier molecular flexibility index (Phi) is 21.9. The highest BCUT2D eigenvalue weighted by Crippen LogP contribution is 2.08. The molecular weight excluding hydrogens is 200 g/mol. The number of unbranched alkanes of at least 4 members (excludes halogenated alkanes) is 8. The van der Waals surface area contributed by atoms with Gasteiger partial charge in [-0.15, -0.1) is 0 Å². The van der Waals surface area contributed by atoms with Gasteiger partial charge in [0.05, 0.1) is 0 Å². The standard InChI is InChI=1S/C12H22O.C2H6O/c1-2-3-4-5-6-7-8-9-10-11-12-13;1-2-3/h13H,2-10H2,1H3;3H,2H2,1H3. The summed E-state index contributed by atoms with van der Waals surface area (Å²) < 4.78 is 0. The molecule has 0 atom stereocenters. The van der Waals surface area contributed by atoms with E-state index in [1.54, 1.807) is 6.92 Å². The SMILES string of the molecule is CCCCCCCCCCC#CO.CCO. The molecule has 16 heavy (non-hydrogen) atoms. The zero-order valence-corrected chi connectivity index (χ0v) is 11.0. The summed E-state index contributed by atoms with van der Waals surface area (Å²) in [5, 5.41) is 15.8. The number of rotatable bonds is 8. The summed E-state index contributed by atoms with van der Waals surface area (Å²) in [6, 6.07) is 0. The molecule has 0 aromatic heterocycles. The Bertz CT molecular complexity index is 156. The Labute approximate surface area is 101 Å². The molecular formula is C14H28O2. The fourth-order valence-corrected chi connectivity index (χ4v) is 1.40. The molecule has 2 nitrogen and oxygen atoms in total. The Morgan fingerprint density at radius 3 is 1.69 bits per heavy atom. The molecule has 2 heteroatoms. The van der Waals surface area contributed by atoms with Gasteiger partial charge in [-0.2, -0.15) is 0 Å². The average Bonchev–Trinajstić information content (AvgIpc) is 2.28. The van der Waals surface area contributed by atoms with Crippen LogP contribution < -0.4 is 0 Å². The van der Waals surface area contributed by atoms with Crippen molar-refractivity contribution in [3.63, 3.8) is 0 Å². The van der Waals surface area contributed by atoms with Crippen molar-refractivity contribution in [3.05, 3.63) is 0 Å². The molecule has 0 amide bonds. The van der Waals surface area contributed by atoms with Crippen LogP contribution in [0.2, 0.25) is 0 Å². The third-order valence-electron chi connectivity index (χ3n) is 2.23. The molecule has 0 radical (unpaired) electrons. The van der Waals surface area contributed by atoms with E-state index in [-0.39, 0.29) is 6.61 Å². The van der Waals surface area contributed by atoms with E-state index < -0.39 is 0 Å². The molecule has 0 rings (SSSR count). The maximum atomic E-state index is 8.20. The minimum Gasteiger partial charge on any atom is -0.462 e. The van der Waals surface area contributed by atoms with Gasteiger partial charge in [0.15, 0.2) is 0 Å². The molecule has 0 saturated heterocycles. The first-order valence-electron chi connectivity index (χ1n) is 6.56. The maximum absolute atomic E-state index is 8.20. The summed E-state index contributed by atoms with van der Waals surface area (Å²) in [4.78, 5) is 0. The minimum atomic E-state index is 0.250. The van der Waals surface area contributed by atoms with Crippen molar-refractivity contribution in [2.24, 2.45) is 0 Å². The van der Waals surface area contributed by atoms with Crippen LogP contribution in [0, 0.1) is 12.0 Å². The highest BCUT2D eigenvalue weighted by Gasteiger charge is 1.89. The quantitative estimate of drug-likeness (QED) is 0.489. The summed E-state index contributed by atoms with van der Waals surface area (Å²) in [6.45, 7) is 4.17. The predicted molar refractivity (Wildman–Crippen MR) is 69.7 cm³/mol. The lowest BCUT2D eigenvalue weighted by molar-refractivity contribution is 0.318. The molecule has 0 aliphatic heterocycles. The van der Waals surface area contributed by atoms with Gasteiger partial charge in [0, 0.05) is 13.0 Å². The van der Waals surface area contributed by atoms with Gasteiger partial charge in [0.25, 0.3) is 0 Å². The molecule has 0 unspecified atom stereocenters. The first-order chi connectivity index (χ1) is 7.83. The highest BCUT2D eigenvalue weighted by atomic mass is 16.2. The lowest BCUT2D eigenvalue weighted by atomic mass is 10.1. The van der Waals surface area contributed by atoms with Gasteiger partial charge in [-0.25, -0.2) is 0 Å². The zero-order valence-electron chi connectivity index (χ0n) is 11.0. The number of hydrogen-bond acceptors (Lipinski definition) is 2. The summed E-state index contributed by atoms with van der Waals surface area (Å²) in [7, 11) is 0. The van der Waals surface area contributed by atoms with E-state index in [1.165, 1.54) is 44.9 Å². The second kappa shape index (κ2) is 19.8. The van der Waals surface area contributed by atoms with E-state index in [4.69, 9.17) is 10.2 Å². The highest BCUT2D eigenvalue weighted by molar-refractivity contribution is 4.88. The van der Waals surface area contributed by atoms with Crippen molar-refractivity contribution in [2.45, 2.75) is 71.6 Å². The fraction of sp³-hybridized carbons (Fsp3) is 0.857. The molecule has 2 N–H and O–H groups in total. The Morgan fingerprint density at radius 1 is 0.812 bits per heavy atom. The third-order valence-corrected chi connectivity index (χ3v) is 2.23. The molecule has 0 aromatic rings. The van der Waals surface area contributed by atoms with E-state index in [0.29, 0.717) is 0 Å². The van der Waals surface area contributed by atoms with E-state index in [2.05, 4.69) is 12.8 Å². The lowest BCUT2D eigenvalue weighted by Crippen LogP contribution is -1.79. The first-order valence-corrected chi connectivity index (χ1v) is 6.56. The zero-order chi connectivity index (χ0) is 12.5. The molecule has 0 heterocycles. The van der Waals surface area contributed by atoms with Crippen LogP contribution in [-0.2, 0) is 0 Å². The van der Waals surface area contributed by atoms with E-state index >= 15 is 0 Å². The number of aliphatic hydroxyl groups is 2. The van der Waals surface area contributed by atoms with Crippen LogP contribution in [0.4, 0.5) is 0 Å². The molecule has 0 aromatic carbocycles. The third kappa shape index (κ3) is 23.3. The molecule has 0 aliphatic carbocycles. The average molecular weight is 228 g/mol. The van der Waals surface area contributed by atoms with Gasteiger partial charge in [-0.05, 0) is 13.3 Å². The van der Waals surface area contributed by atoms with Crippen molar-refractivity contribution in [2.75, 3.05) is 6.61 Å². The van der Waals surface area contributed by atoms with Crippen LogP contribution in [-0.4, -0.2) is 16.8 Å². The monoisotopic (exact) mass is 228 g/mol. The summed E-state index contributed by atoms with van der Waals surface area (Å²) >= 11 is 0. The van der Waals surface area contributed by atoms with Crippen LogP contribution in [0.5, 0.6) is 0 Å². The molecule has 0 spiro atoms. The van der Waals surface area contributed by atoms with Crippen LogP contribution in [0.25, 0.3) is 0 Å².